The minimum absolute atomic E-state index is 0.0551. The van der Waals surface area contributed by atoms with E-state index in [2.05, 4.69) is 39.9 Å². The minimum Gasteiger partial charge on any atom is -0.459 e. The molecule has 0 bridgehead atoms. The van der Waals surface area contributed by atoms with Crippen molar-refractivity contribution in [3.8, 4) is 0 Å². The Morgan fingerprint density at radius 3 is 2.24 bits per heavy atom. The first-order chi connectivity index (χ1) is 17.9. The summed E-state index contributed by atoms with van der Waals surface area (Å²) < 4.78 is 5.45. The van der Waals surface area contributed by atoms with E-state index in [0.29, 0.717) is 11.3 Å². The molecule has 0 aromatic heterocycles. The Labute approximate surface area is 216 Å². The van der Waals surface area contributed by atoms with Gasteiger partial charge in [0.25, 0.3) is 0 Å². The van der Waals surface area contributed by atoms with E-state index < -0.39 is 12.0 Å². The van der Waals surface area contributed by atoms with E-state index in [0.717, 1.165) is 28.9 Å². The highest BCUT2D eigenvalue weighted by molar-refractivity contribution is 6.03. The maximum absolute atomic E-state index is 12.9. The smallest absolute Gasteiger partial charge is 0.338 e. The van der Waals surface area contributed by atoms with Crippen LogP contribution in [0.1, 0.15) is 56.0 Å². The van der Waals surface area contributed by atoms with Crippen molar-refractivity contribution >= 4 is 23.4 Å². The summed E-state index contributed by atoms with van der Waals surface area (Å²) in [6, 6.07) is 27.5. The van der Waals surface area contributed by atoms with Crippen molar-refractivity contribution in [2.24, 2.45) is 5.10 Å². The molecule has 2 aliphatic rings. The molecule has 2 atom stereocenters. The normalized spacial score (nSPS) is 19.4. The lowest BCUT2D eigenvalue weighted by Gasteiger charge is -2.29. The van der Waals surface area contributed by atoms with Gasteiger partial charge in [0.2, 0.25) is 0 Å². The van der Waals surface area contributed by atoms with Gasteiger partial charge in [-0.15, -0.1) is 0 Å². The fraction of sp³-hybridized carbons (Fsp3) is 0.233. The number of carbonyl (C=O) groups is 2. The number of urea groups is 1. The second kappa shape index (κ2) is 10.3. The van der Waals surface area contributed by atoms with Crippen molar-refractivity contribution in [3.63, 3.8) is 0 Å². The lowest BCUT2D eigenvalue weighted by molar-refractivity contribution is -0.143. The van der Waals surface area contributed by atoms with Gasteiger partial charge in [-0.1, -0.05) is 72.8 Å². The summed E-state index contributed by atoms with van der Waals surface area (Å²) in [6.45, 7) is 5.32. The standard InChI is InChI=1S/C30H30N4O3/c1-19(2)37-29(35)27-20(3)31-30(36)32-28(27)23-14-16-24(17-15-23)34-26(22-12-8-5-9-13-22)18-25(33-34)21-10-6-4-7-11-21/h4-17,19,26,28H,18H2,1-3H3,(H2,31,32,36). The second-order valence-electron chi connectivity index (χ2n) is 9.50. The van der Waals surface area contributed by atoms with E-state index >= 15 is 0 Å². The molecule has 0 spiro atoms. The van der Waals surface area contributed by atoms with Crippen molar-refractivity contribution in [1.29, 1.82) is 0 Å². The van der Waals surface area contributed by atoms with Crippen molar-refractivity contribution in [1.82, 2.24) is 10.6 Å². The molecule has 2 heterocycles. The Balaban J connectivity index is 1.48. The number of benzene rings is 3. The Kier molecular flexibility index (Phi) is 6.77. The van der Waals surface area contributed by atoms with Gasteiger partial charge in [0.15, 0.2) is 0 Å². The van der Waals surface area contributed by atoms with Crippen LogP contribution in [0.2, 0.25) is 0 Å². The molecular formula is C30H30N4O3. The van der Waals surface area contributed by atoms with Crippen LogP contribution in [0.3, 0.4) is 0 Å². The molecular weight excluding hydrogens is 464 g/mol. The molecule has 2 N–H and O–H groups in total. The van der Waals surface area contributed by atoms with E-state index in [-0.39, 0.29) is 18.2 Å². The van der Waals surface area contributed by atoms with Crippen LogP contribution in [0.15, 0.2) is 101 Å². The maximum Gasteiger partial charge on any atom is 0.338 e. The molecule has 7 nitrogen and oxygen atoms in total. The quantitative estimate of drug-likeness (QED) is 0.436. The second-order valence-corrected chi connectivity index (χ2v) is 9.50. The summed E-state index contributed by atoms with van der Waals surface area (Å²) in [4.78, 5) is 25.1. The highest BCUT2D eigenvalue weighted by Crippen LogP contribution is 2.37. The number of amides is 2. The third-order valence-electron chi connectivity index (χ3n) is 6.52. The predicted molar refractivity (Wildman–Crippen MR) is 144 cm³/mol. The highest BCUT2D eigenvalue weighted by Gasteiger charge is 2.34. The van der Waals surface area contributed by atoms with Crippen LogP contribution in [0.5, 0.6) is 0 Å². The topological polar surface area (TPSA) is 83.0 Å². The lowest BCUT2D eigenvalue weighted by atomic mass is 9.95. The van der Waals surface area contributed by atoms with Crippen molar-refractivity contribution in [3.05, 3.63) is 113 Å². The zero-order valence-corrected chi connectivity index (χ0v) is 21.1. The third kappa shape index (κ3) is 5.11. The number of nitrogens with one attached hydrogen (secondary N) is 2. The molecule has 2 amide bonds. The van der Waals surface area contributed by atoms with Gasteiger partial charge in [0.1, 0.15) is 0 Å². The number of hydrazone groups is 1. The summed E-state index contributed by atoms with van der Waals surface area (Å²) in [5.74, 6) is -0.449. The largest absolute Gasteiger partial charge is 0.459 e. The molecule has 3 aromatic rings. The predicted octanol–water partition coefficient (Wildman–Crippen LogP) is 5.62. The number of carbonyl (C=O) groups excluding carboxylic acids is 2. The van der Waals surface area contributed by atoms with E-state index in [9.17, 15) is 9.59 Å². The molecule has 3 aromatic carbocycles. The molecule has 0 saturated heterocycles. The summed E-state index contributed by atoms with van der Waals surface area (Å²) in [7, 11) is 0. The number of hydrogen-bond donors (Lipinski definition) is 2. The molecule has 0 aliphatic carbocycles. The van der Waals surface area contributed by atoms with Crippen molar-refractivity contribution in [2.75, 3.05) is 5.01 Å². The van der Waals surface area contributed by atoms with Gasteiger partial charge in [0, 0.05) is 12.1 Å². The lowest BCUT2D eigenvalue weighted by Crippen LogP contribution is -2.45. The van der Waals surface area contributed by atoms with E-state index in [1.807, 2.05) is 60.7 Å². The summed E-state index contributed by atoms with van der Waals surface area (Å²) >= 11 is 0. The van der Waals surface area contributed by atoms with Gasteiger partial charge in [-0.2, -0.15) is 5.10 Å². The minimum atomic E-state index is -0.610. The Morgan fingerprint density at radius 2 is 1.59 bits per heavy atom. The Morgan fingerprint density at radius 1 is 0.946 bits per heavy atom. The molecule has 2 aliphatic heterocycles. The zero-order chi connectivity index (χ0) is 25.9. The fourth-order valence-electron chi connectivity index (χ4n) is 4.80. The van der Waals surface area contributed by atoms with Crippen LogP contribution < -0.4 is 15.6 Å². The number of nitrogens with zero attached hydrogens (tertiary/aromatic N) is 2. The van der Waals surface area contributed by atoms with Crippen LogP contribution in [0.4, 0.5) is 10.5 Å². The van der Waals surface area contributed by atoms with Gasteiger partial charge in [-0.25, -0.2) is 9.59 Å². The van der Waals surface area contributed by atoms with Crippen LogP contribution >= 0.6 is 0 Å². The first kappa shape index (κ1) is 24.3. The van der Waals surface area contributed by atoms with E-state index in [1.54, 1.807) is 20.8 Å². The van der Waals surface area contributed by atoms with Gasteiger partial charge >= 0.3 is 12.0 Å². The number of ether oxygens (including phenoxy) is 1. The molecule has 7 heteroatoms. The van der Waals surface area contributed by atoms with Crippen LogP contribution in [-0.2, 0) is 9.53 Å². The van der Waals surface area contributed by atoms with E-state index in [4.69, 9.17) is 9.84 Å². The van der Waals surface area contributed by atoms with Crippen LogP contribution in [0.25, 0.3) is 0 Å². The Hall–Kier alpha value is -4.39. The van der Waals surface area contributed by atoms with Crippen molar-refractivity contribution in [2.45, 2.75) is 45.4 Å². The zero-order valence-electron chi connectivity index (χ0n) is 21.1. The summed E-state index contributed by atoms with van der Waals surface area (Å²) in [6.07, 6.45) is 0.517. The first-order valence-corrected chi connectivity index (χ1v) is 12.5. The third-order valence-corrected chi connectivity index (χ3v) is 6.52. The van der Waals surface area contributed by atoms with E-state index in [1.165, 1.54) is 5.56 Å². The fourth-order valence-corrected chi connectivity index (χ4v) is 4.80. The van der Waals surface area contributed by atoms with Crippen molar-refractivity contribution < 1.29 is 14.3 Å². The van der Waals surface area contributed by atoms with Crippen LogP contribution in [-0.4, -0.2) is 23.8 Å². The maximum atomic E-state index is 12.9. The highest BCUT2D eigenvalue weighted by atomic mass is 16.5. The number of hydrogen-bond acceptors (Lipinski definition) is 5. The summed E-state index contributed by atoms with van der Waals surface area (Å²) in [5.41, 5.74) is 5.92. The van der Waals surface area contributed by atoms with Crippen LogP contribution in [0, 0.1) is 0 Å². The summed E-state index contributed by atoms with van der Waals surface area (Å²) in [5, 5.41) is 12.6. The number of anilines is 1. The number of esters is 1. The number of rotatable bonds is 6. The molecule has 2 unspecified atom stereocenters. The molecule has 5 rings (SSSR count). The van der Waals surface area contributed by atoms with Gasteiger partial charge in [-0.3, -0.25) is 5.01 Å². The number of allylic oxidation sites excluding steroid dienone is 1. The monoisotopic (exact) mass is 494 g/mol. The molecule has 0 fully saturated rings. The van der Waals surface area contributed by atoms with Gasteiger partial charge in [0.05, 0.1) is 35.2 Å². The average molecular weight is 495 g/mol. The van der Waals surface area contributed by atoms with Gasteiger partial charge < -0.3 is 15.4 Å². The molecule has 0 saturated carbocycles. The molecule has 37 heavy (non-hydrogen) atoms. The Bertz CT molecular complexity index is 1350. The molecule has 188 valence electrons. The van der Waals surface area contributed by atoms with Gasteiger partial charge in [-0.05, 0) is 49.6 Å². The average Bonchev–Trinajstić information content (AvgIpc) is 3.34. The molecule has 0 radical (unpaired) electrons. The first-order valence-electron chi connectivity index (χ1n) is 12.5. The SMILES string of the molecule is CC1=C(C(=O)OC(C)C)C(c2ccc(N3N=C(c4ccccc4)CC3c3ccccc3)cc2)NC(=O)N1.